The van der Waals surface area contributed by atoms with Crippen molar-refractivity contribution >= 4 is 35.4 Å². The van der Waals surface area contributed by atoms with Crippen LogP contribution in [0.4, 0.5) is 0 Å². The summed E-state index contributed by atoms with van der Waals surface area (Å²) in [4.78, 5) is 52.3. The molecule has 0 saturated heterocycles. The molecule has 0 fully saturated rings. The third-order valence-corrected chi connectivity index (χ3v) is 4.19. The fraction of sp³-hybridized carbons (Fsp3) is 0.208. The molecule has 33 heavy (non-hydrogen) atoms. The first-order chi connectivity index (χ1) is 15.5. The number of hydrogen-bond donors (Lipinski definition) is 3. The van der Waals surface area contributed by atoms with Gasteiger partial charge >= 0.3 is 29.8 Å². The number of carbonyl (C=O) groups is 5. The number of aliphatic carboxylic acids is 2. The topological polar surface area (TPSA) is 155 Å². The third-order valence-electron chi connectivity index (χ3n) is 4.19. The zero-order chi connectivity index (χ0) is 25.0. The number of esters is 2. The first kappa shape index (κ1) is 26.8. The Kier molecular flexibility index (Phi) is 10.7. The van der Waals surface area contributed by atoms with E-state index in [-0.39, 0.29) is 29.5 Å². The molecule has 0 spiro atoms. The Balaban J connectivity index is 0.000000257. The van der Waals surface area contributed by atoms with Crippen LogP contribution in [0.25, 0.3) is 5.57 Å². The van der Waals surface area contributed by atoms with Gasteiger partial charge in [-0.15, -0.1) is 0 Å². The van der Waals surface area contributed by atoms with Crippen LogP contribution in [-0.4, -0.2) is 45.2 Å². The molecule has 3 N–H and O–H groups in total. The summed E-state index contributed by atoms with van der Waals surface area (Å²) in [5.74, 6) is -4.43. The third kappa shape index (κ3) is 9.60. The van der Waals surface area contributed by atoms with Gasteiger partial charge in [-0.1, -0.05) is 42.5 Å². The molecule has 0 aliphatic carbocycles. The number of rotatable bonds is 7. The number of unbranched alkanes of at least 4 members (excludes halogenated alkanes) is 1. The van der Waals surface area contributed by atoms with E-state index in [1.807, 2.05) is 25.1 Å². The number of ether oxygens (including phenoxy) is 1. The average molecular weight is 456 g/mol. The quantitative estimate of drug-likeness (QED) is 0.317. The van der Waals surface area contributed by atoms with E-state index in [0.29, 0.717) is 12.8 Å². The molecule has 9 heteroatoms. The van der Waals surface area contributed by atoms with Crippen molar-refractivity contribution < 1.29 is 44.0 Å². The molecule has 1 heterocycles. The standard InChI is InChI=1S/C9H4O5.C9H10.C6H10O4/c10-7(11)4-1-2-5-6(3-4)9(13)14-8(5)12;1-8(2)9-6-4-3-5-7-9;7-5(8)3-1-2-4-6(9)10/h1-3H,(H,10,11);3-7H,1H2,2H3;1-4H2,(H,7,8)(H,9,10). The lowest BCUT2D eigenvalue weighted by molar-refractivity contribution is -0.139. The van der Waals surface area contributed by atoms with E-state index in [0.717, 1.165) is 11.6 Å². The van der Waals surface area contributed by atoms with Crippen LogP contribution in [-0.2, 0) is 14.3 Å². The van der Waals surface area contributed by atoms with Gasteiger partial charge in [0.15, 0.2) is 0 Å². The molecular weight excluding hydrogens is 432 g/mol. The van der Waals surface area contributed by atoms with E-state index in [9.17, 15) is 24.0 Å². The van der Waals surface area contributed by atoms with Crippen LogP contribution >= 0.6 is 0 Å². The van der Waals surface area contributed by atoms with E-state index in [4.69, 9.17) is 15.3 Å². The van der Waals surface area contributed by atoms with E-state index >= 15 is 0 Å². The van der Waals surface area contributed by atoms with Crippen molar-refractivity contribution in [1.29, 1.82) is 0 Å². The number of cyclic esters (lactones) is 2. The molecule has 0 atom stereocenters. The SMILES string of the molecule is C=C(C)c1ccccc1.O=C(O)CCCCC(=O)O.O=C(O)c1ccc2c(c1)C(=O)OC2=O. The Morgan fingerprint density at radius 2 is 1.30 bits per heavy atom. The number of benzene rings is 2. The van der Waals surface area contributed by atoms with Gasteiger partial charge < -0.3 is 20.1 Å². The van der Waals surface area contributed by atoms with Crippen molar-refractivity contribution in [2.75, 3.05) is 0 Å². The van der Waals surface area contributed by atoms with Gasteiger partial charge in [0.1, 0.15) is 0 Å². The predicted molar refractivity (Wildman–Crippen MR) is 118 cm³/mol. The van der Waals surface area contributed by atoms with Crippen molar-refractivity contribution in [1.82, 2.24) is 0 Å². The maximum atomic E-state index is 11.0. The van der Waals surface area contributed by atoms with Gasteiger partial charge in [0.2, 0.25) is 0 Å². The Morgan fingerprint density at radius 1 is 0.788 bits per heavy atom. The van der Waals surface area contributed by atoms with E-state index in [1.54, 1.807) is 0 Å². The van der Waals surface area contributed by atoms with Crippen molar-refractivity contribution in [3.8, 4) is 0 Å². The maximum absolute atomic E-state index is 11.0. The first-order valence-electron chi connectivity index (χ1n) is 9.81. The number of aromatic carboxylic acids is 1. The molecule has 9 nitrogen and oxygen atoms in total. The van der Waals surface area contributed by atoms with Gasteiger partial charge in [-0.2, -0.15) is 0 Å². The molecule has 2 aromatic carbocycles. The van der Waals surface area contributed by atoms with E-state index in [1.165, 1.54) is 17.7 Å². The molecule has 1 aliphatic heterocycles. The van der Waals surface area contributed by atoms with Crippen LogP contribution in [0, 0.1) is 0 Å². The second kappa shape index (κ2) is 13.2. The summed E-state index contributed by atoms with van der Waals surface area (Å²) in [5.41, 5.74) is 2.42. The van der Waals surface area contributed by atoms with Gasteiger partial charge in [0.25, 0.3) is 0 Å². The number of hydrogen-bond acceptors (Lipinski definition) is 6. The smallest absolute Gasteiger partial charge is 0.346 e. The largest absolute Gasteiger partial charge is 0.481 e. The predicted octanol–water partition coefficient (Wildman–Crippen LogP) is 4.13. The van der Waals surface area contributed by atoms with Gasteiger partial charge in [-0.05, 0) is 43.5 Å². The van der Waals surface area contributed by atoms with Crippen molar-refractivity contribution in [3.63, 3.8) is 0 Å². The molecule has 1 aliphatic rings. The normalized spacial score (nSPS) is 11.1. The number of carboxylic acids is 3. The molecule has 0 saturated carbocycles. The highest BCUT2D eigenvalue weighted by molar-refractivity contribution is 6.15. The van der Waals surface area contributed by atoms with Crippen LogP contribution in [0.1, 0.15) is 69.2 Å². The summed E-state index contributed by atoms with van der Waals surface area (Å²) in [7, 11) is 0. The molecule has 0 radical (unpaired) electrons. The molecule has 3 rings (SSSR count). The summed E-state index contributed by atoms with van der Waals surface area (Å²) in [6, 6.07) is 13.8. The Labute approximate surface area is 189 Å². The van der Waals surface area contributed by atoms with Crippen LogP contribution in [0.3, 0.4) is 0 Å². The van der Waals surface area contributed by atoms with Crippen LogP contribution in [0.15, 0.2) is 55.1 Å². The second-order valence-electron chi connectivity index (χ2n) is 6.88. The van der Waals surface area contributed by atoms with Crippen molar-refractivity contribution in [2.24, 2.45) is 0 Å². The van der Waals surface area contributed by atoms with Gasteiger partial charge in [-0.25, -0.2) is 14.4 Å². The van der Waals surface area contributed by atoms with Gasteiger partial charge in [-0.3, -0.25) is 9.59 Å². The minimum atomic E-state index is -1.15. The molecule has 174 valence electrons. The number of carboxylic acid groups (broad SMARTS) is 3. The number of fused-ring (bicyclic) bond motifs is 1. The zero-order valence-corrected chi connectivity index (χ0v) is 17.9. The molecule has 0 bridgehead atoms. The highest BCUT2D eigenvalue weighted by atomic mass is 16.6. The zero-order valence-electron chi connectivity index (χ0n) is 17.9. The lowest BCUT2D eigenvalue weighted by Crippen LogP contribution is -2.00. The van der Waals surface area contributed by atoms with Crippen molar-refractivity contribution in [2.45, 2.75) is 32.6 Å². The molecular formula is C24H24O9. The summed E-state index contributed by atoms with van der Waals surface area (Å²) in [5, 5.41) is 24.9. The van der Waals surface area contributed by atoms with E-state index < -0.39 is 29.8 Å². The summed E-state index contributed by atoms with van der Waals surface area (Å²) >= 11 is 0. The fourth-order valence-electron chi connectivity index (χ4n) is 2.49. The summed E-state index contributed by atoms with van der Waals surface area (Å²) in [6.45, 7) is 5.83. The molecule has 0 unspecified atom stereocenters. The molecule has 2 aromatic rings. The number of carbonyl (C=O) groups excluding carboxylic acids is 2. The first-order valence-corrected chi connectivity index (χ1v) is 9.81. The minimum absolute atomic E-state index is 0.00917. The van der Waals surface area contributed by atoms with Gasteiger partial charge in [0.05, 0.1) is 16.7 Å². The van der Waals surface area contributed by atoms with E-state index in [2.05, 4.69) is 23.4 Å². The van der Waals surface area contributed by atoms with Crippen LogP contribution < -0.4 is 0 Å². The molecule has 0 amide bonds. The summed E-state index contributed by atoms with van der Waals surface area (Å²) in [6.07, 6.45) is 1.02. The lowest BCUT2D eigenvalue weighted by Gasteiger charge is -1.94. The lowest BCUT2D eigenvalue weighted by atomic mass is 10.1. The highest BCUT2D eigenvalue weighted by Crippen LogP contribution is 2.21. The highest BCUT2D eigenvalue weighted by Gasteiger charge is 2.30. The minimum Gasteiger partial charge on any atom is -0.481 e. The number of allylic oxidation sites excluding steroid dienone is 1. The van der Waals surface area contributed by atoms with Gasteiger partial charge in [0, 0.05) is 12.8 Å². The van der Waals surface area contributed by atoms with Crippen LogP contribution in [0.2, 0.25) is 0 Å². The average Bonchev–Trinajstić information content (AvgIpc) is 3.05. The fourth-order valence-corrected chi connectivity index (χ4v) is 2.49. The molecule has 0 aromatic heterocycles. The maximum Gasteiger partial charge on any atom is 0.346 e. The second-order valence-corrected chi connectivity index (χ2v) is 6.88. The summed E-state index contributed by atoms with van der Waals surface area (Å²) < 4.78 is 4.30. The Morgan fingerprint density at radius 3 is 1.73 bits per heavy atom. The van der Waals surface area contributed by atoms with Crippen molar-refractivity contribution in [3.05, 3.63) is 77.4 Å². The monoisotopic (exact) mass is 456 g/mol. The Hall–Kier alpha value is -4.27. The Bertz CT molecular complexity index is 1020. The van der Waals surface area contributed by atoms with Crippen LogP contribution in [0.5, 0.6) is 0 Å².